The summed E-state index contributed by atoms with van der Waals surface area (Å²) in [5.41, 5.74) is 3.31. The molecule has 14 heavy (non-hydrogen) atoms. The second-order valence-electron chi connectivity index (χ2n) is 3.04. The molecule has 0 bridgehead atoms. The summed E-state index contributed by atoms with van der Waals surface area (Å²) in [5, 5.41) is 0. The second kappa shape index (κ2) is 4.01. The standard InChI is InChI=1S/C12H11N2/c1-2-10-3-5-11(6-4-10)12-7-8-13-9-14-12/h3-9H,1-2H2. The van der Waals surface area contributed by atoms with E-state index in [0.29, 0.717) is 0 Å². The predicted molar refractivity (Wildman–Crippen MR) is 56.5 cm³/mol. The lowest BCUT2D eigenvalue weighted by atomic mass is 10.1. The van der Waals surface area contributed by atoms with E-state index >= 15 is 0 Å². The van der Waals surface area contributed by atoms with Crippen molar-refractivity contribution in [3.63, 3.8) is 0 Å². The van der Waals surface area contributed by atoms with E-state index in [1.54, 1.807) is 12.5 Å². The first-order valence-corrected chi connectivity index (χ1v) is 4.55. The zero-order valence-electron chi connectivity index (χ0n) is 7.85. The molecule has 1 heterocycles. The van der Waals surface area contributed by atoms with Crippen LogP contribution in [-0.4, -0.2) is 9.97 Å². The molecule has 0 saturated heterocycles. The molecule has 1 aromatic carbocycles. The molecule has 1 aromatic heterocycles. The number of nitrogens with zero attached hydrogens (tertiary/aromatic N) is 2. The molecule has 0 spiro atoms. The highest BCUT2D eigenvalue weighted by atomic mass is 14.8. The van der Waals surface area contributed by atoms with Crippen LogP contribution in [0.1, 0.15) is 5.56 Å². The van der Waals surface area contributed by atoms with Gasteiger partial charge < -0.3 is 0 Å². The van der Waals surface area contributed by atoms with Gasteiger partial charge in [-0.25, -0.2) is 9.97 Å². The summed E-state index contributed by atoms with van der Waals surface area (Å²) in [6, 6.07) is 10.2. The van der Waals surface area contributed by atoms with Crippen LogP contribution in [0.4, 0.5) is 0 Å². The largest absolute Gasteiger partial charge is 0.245 e. The summed E-state index contributed by atoms with van der Waals surface area (Å²) in [6.07, 6.45) is 4.13. The van der Waals surface area contributed by atoms with Crippen molar-refractivity contribution in [2.24, 2.45) is 0 Å². The fourth-order valence-corrected chi connectivity index (χ4v) is 1.30. The predicted octanol–water partition coefficient (Wildman–Crippen LogP) is 2.52. The van der Waals surface area contributed by atoms with E-state index < -0.39 is 0 Å². The number of hydrogen-bond donors (Lipinski definition) is 0. The van der Waals surface area contributed by atoms with Crippen LogP contribution >= 0.6 is 0 Å². The van der Waals surface area contributed by atoms with Gasteiger partial charge in [-0.3, -0.25) is 0 Å². The van der Waals surface area contributed by atoms with Crippen LogP contribution in [-0.2, 0) is 6.42 Å². The van der Waals surface area contributed by atoms with Crippen molar-refractivity contribution in [3.8, 4) is 11.3 Å². The van der Waals surface area contributed by atoms with Crippen molar-refractivity contribution in [3.05, 3.63) is 55.3 Å². The third kappa shape index (κ3) is 1.79. The molecule has 0 amide bonds. The van der Waals surface area contributed by atoms with Crippen LogP contribution in [0.2, 0.25) is 0 Å². The van der Waals surface area contributed by atoms with E-state index in [1.165, 1.54) is 5.56 Å². The lowest BCUT2D eigenvalue weighted by Crippen LogP contribution is -1.85. The van der Waals surface area contributed by atoms with Crippen LogP contribution in [0.3, 0.4) is 0 Å². The van der Waals surface area contributed by atoms with Gasteiger partial charge in [0.1, 0.15) is 6.33 Å². The Morgan fingerprint density at radius 3 is 2.43 bits per heavy atom. The lowest BCUT2D eigenvalue weighted by Gasteiger charge is -2.00. The Balaban J connectivity index is 2.34. The maximum absolute atomic E-state index is 4.18. The molecule has 0 N–H and O–H groups in total. The van der Waals surface area contributed by atoms with Crippen LogP contribution in [0, 0.1) is 6.92 Å². The molecule has 69 valence electrons. The highest BCUT2D eigenvalue weighted by molar-refractivity contribution is 5.58. The number of aromatic nitrogens is 2. The van der Waals surface area contributed by atoms with E-state index in [9.17, 15) is 0 Å². The summed E-state index contributed by atoms with van der Waals surface area (Å²) >= 11 is 0. The van der Waals surface area contributed by atoms with Crippen LogP contribution in [0.15, 0.2) is 42.9 Å². The molecule has 0 aliphatic rings. The monoisotopic (exact) mass is 183 g/mol. The van der Waals surface area contributed by atoms with Crippen molar-refractivity contribution >= 4 is 0 Å². The zero-order valence-corrected chi connectivity index (χ0v) is 7.85. The first-order valence-electron chi connectivity index (χ1n) is 4.55. The fraction of sp³-hybridized carbons (Fsp3) is 0.0833. The molecular weight excluding hydrogens is 172 g/mol. The third-order valence-electron chi connectivity index (χ3n) is 2.12. The third-order valence-corrected chi connectivity index (χ3v) is 2.12. The topological polar surface area (TPSA) is 25.8 Å². The van der Waals surface area contributed by atoms with Crippen molar-refractivity contribution in [1.82, 2.24) is 9.97 Å². The van der Waals surface area contributed by atoms with Crippen LogP contribution in [0.5, 0.6) is 0 Å². The average molecular weight is 183 g/mol. The Morgan fingerprint density at radius 2 is 1.86 bits per heavy atom. The van der Waals surface area contributed by atoms with Gasteiger partial charge in [0.25, 0.3) is 0 Å². The summed E-state index contributed by atoms with van der Waals surface area (Å²) < 4.78 is 0. The Morgan fingerprint density at radius 1 is 1.07 bits per heavy atom. The SMILES string of the molecule is [CH2]Cc1ccc(-c2ccncn2)cc1. The molecule has 2 heteroatoms. The van der Waals surface area contributed by atoms with Gasteiger partial charge in [0.15, 0.2) is 0 Å². The Labute approximate surface area is 83.7 Å². The van der Waals surface area contributed by atoms with Gasteiger partial charge in [-0.05, 0) is 25.0 Å². The summed E-state index contributed by atoms with van der Waals surface area (Å²) in [6.45, 7) is 3.83. The highest BCUT2D eigenvalue weighted by Crippen LogP contribution is 2.16. The smallest absolute Gasteiger partial charge is 0.116 e. The number of hydrogen-bond acceptors (Lipinski definition) is 2. The lowest BCUT2D eigenvalue weighted by molar-refractivity contribution is 1.17. The Hall–Kier alpha value is -1.70. The highest BCUT2D eigenvalue weighted by Gasteiger charge is 1.97. The summed E-state index contributed by atoms with van der Waals surface area (Å²) in [4.78, 5) is 8.06. The molecule has 2 nitrogen and oxygen atoms in total. The minimum atomic E-state index is 0.823. The van der Waals surface area contributed by atoms with E-state index in [-0.39, 0.29) is 0 Å². The normalized spacial score (nSPS) is 10.1. The molecular formula is C12H11N2. The molecule has 0 saturated carbocycles. The van der Waals surface area contributed by atoms with E-state index in [1.807, 2.05) is 6.07 Å². The second-order valence-corrected chi connectivity index (χ2v) is 3.04. The molecule has 0 aliphatic heterocycles. The van der Waals surface area contributed by atoms with E-state index in [4.69, 9.17) is 0 Å². The molecule has 2 aromatic rings. The number of rotatable bonds is 2. The molecule has 1 radical (unpaired) electrons. The Bertz CT molecular complexity index is 392. The van der Waals surface area contributed by atoms with Gasteiger partial charge in [0.2, 0.25) is 0 Å². The first-order chi connectivity index (χ1) is 6.90. The van der Waals surface area contributed by atoms with Crippen molar-refractivity contribution in [2.75, 3.05) is 0 Å². The maximum Gasteiger partial charge on any atom is 0.116 e. The van der Waals surface area contributed by atoms with Gasteiger partial charge >= 0.3 is 0 Å². The molecule has 0 aliphatic carbocycles. The van der Waals surface area contributed by atoms with E-state index in [2.05, 4.69) is 41.2 Å². The summed E-state index contributed by atoms with van der Waals surface area (Å²) in [7, 11) is 0. The number of benzene rings is 1. The zero-order chi connectivity index (χ0) is 9.80. The van der Waals surface area contributed by atoms with Crippen LogP contribution in [0.25, 0.3) is 11.3 Å². The quantitative estimate of drug-likeness (QED) is 0.715. The van der Waals surface area contributed by atoms with Crippen molar-refractivity contribution in [2.45, 2.75) is 6.42 Å². The molecule has 0 atom stereocenters. The van der Waals surface area contributed by atoms with Crippen molar-refractivity contribution < 1.29 is 0 Å². The van der Waals surface area contributed by atoms with Crippen molar-refractivity contribution in [1.29, 1.82) is 0 Å². The van der Waals surface area contributed by atoms with Gasteiger partial charge in [-0.15, -0.1) is 0 Å². The minimum absolute atomic E-state index is 0.823. The van der Waals surface area contributed by atoms with Gasteiger partial charge in [0.05, 0.1) is 5.69 Å². The van der Waals surface area contributed by atoms with Gasteiger partial charge in [0, 0.05) is 11.8 Å². The first kappa shape index (κ1) is 8.88. The molecule has 0 fully saturated rings. The van der Waals surface area contributed by atoms with Crippen LogP contribution < -0.4 is 0 Å². The maximum atomic E-state index is 4.18. The minimum Gasteiger partial charge on any atom is -0.245 e. The average Bonchev–Trinajstić information content (AvgIpc) is 2.30. The molecule has 2 rings (SSSR count). The van der Waals surface area contributed by atoms with E-state index in [0.717, 1.165) is 17.7 Å². The Kier molecular flexibility index (Phi) is 2.54. The molecule has 0 unspecified atom stereocenters. The summed E-state index contributed by atoms with van der Waals surface area (Å²) in [5.74, 6) is 0. The van der Waals surface area contributed by atoms with Gasteiger partial charge in [-0.2, -0.15) is 0 Å². The van der Waals surface area contributed by atoms with Gasteiger partial charge in [-0.1, -0.05) is 24.3 Å². The fourth-order valence-electron chi connectivity index (χ4n) is 1.30.